The van der Waals surface area contributed by atoms with Crippen LogP contribution in [0.25, 0.3) is 0 Å². The molecule has 0 saturated carbocycles. The van der Waals surface area contributed by atoms with Gasteiger partial charge in [-0.3, -0.25) is 14.4 Å². The maximum absolute atomic E-state index is 12.9. The molecule has 1 aliphatic rings. The standard InChI is InChI=1S/C14H17N5O2S/c1-4-14(10-6-15-18(3)7-10)12(20)19(13(21)16-14)8-11-5-9(2)17-22-11/h5-7H,4,8H2,1-3H3,(H,16,21). The Balaban J connectivity index is 1.92. The van der Waals surface area contributed by atoms with Crippen molar-refractivity contribution in [3.63, 3.8) is 0 Å². The molecule has 116 valence electrons. The highest BCUT2D eigenvalue weighted by Gasteiger charge is 2.51. The molecular weight excluding hydrogens is 302 g/mol. The highest BCUT2D eigenvalue weighted by Crippen LogP contribution is 2.33. The molecule has 3 heterocycles. The fraction of sp³-hybridized carbons (Fsp3) is 0.429. The lowest BCUT2D eigenvalue weighted by molar-refractivity contribution is -0.132. The first kappa shape index (κ1) is 14.7. The first-order valence-electron chi connectivity index (χ1n) is 7.01. The number of nitrogens with zero attached hydrogens (tertiary/aromatic N) is 4. The van der Waals surface area contributed by atoms with E-state index in [0.29, 0.717) is 12.0 Å². The number of nitrogens with one attached hydrogen (secondary N) is 1. The molecule has 8 heteroatoms. The number of carbonyl (C=O) groups excluding carboxylic acids is 2. The molecule has 0 radical (unpaired) electrons. The predicted molar refractivity (Wildman–Crippen MR) is 81.1 cm³/mol. The summed E-state index contributed by atoms with van der Waals surface area (Å²) in [6.07, 6.45) is 3.87. The Labute approximate surface area is 132 Å². The van der Waals surface area contributed by atoms with Crippen LogP contribution >= 0.6 is 11.5 Å². The van der Waals surface area contributed by atoms with E-state index in [1.54, 1.807) is 24.1 Å². The maximum atomic E-state index is 12.9. The lowest BCUT2D eigenvalue weighted by Crippen LogP contribution is -2.43. The van der Waals surface area contributed by atoms with E-state index >= 15 is 0 Å². The molecule has 22 heavy (non-hydrogen) atoms. The van der Waals surface area contributed by atoms with Gasteiger partial charge < -0.3 is 5.32 Å². The summed E-state index contributed by atoms with van der Waals surface area (Å²) in [6, 6.07) is 1.52. The van der Waals surface area contributed by atoms with Crippen LogP contribution in [0.1, 0.15) is 29.5 Å². The van der Waals surface area contributed by atoms with E-state index in [1.165, 1.54) is 16.4 Å². The Hall–Kier alpha value is -2.22. The lowest BCUT2D eigenvalue weighted by atomic mass is 9.89. The maximum Gasteiger partial charge on any atom is 0.325 e. The summed E-state index contributed by atoms with van der Waals surface area (Å²) in [6.45, 7) is 4.02. The second kappa shape index (κ2) is 5.20. The second-order valence-corrected chi connectivity index (χ2v) is 6.31. The first-order valence-corrected chi connectivity index (χ1v) is 7.79. The van der Waals surface area contributed by atoms with Gasteiger partial charge in [-0.2, -0.15) is 9.47 Å². The van der Waals surface area contributed by atoms with Crippen LogP contribution in [0, 0.1) is 6.92 Å². The fourth-order valence-corrected chi connectivity index (χ4v) is 3.42. The molecule has 0 spiro atoms. The normalized spacial score (nSPS) is 21.5. The average molecular weight is 319 g/mol. The van der Waals surface area contributed by atoms with Crippen molar-refractivity contribution < 1.29 is 9.59 Å². The van der Waals surface area contributed by atoms with Gasteiger partial charge in [0.1, 0.15) is 5.54 Å². The smallest absolute Gasteiger partial charge is 0.319 e. The van der Waals surface area contributed by atoms with Crippen molar-refractivity contribution >= 4 is 23.5 Å². The van der Waals surface area contributed by atoms with Gasteiger partial charge in [0.15, 0.2) is 0 Å². The van der Waals surface area contributed by atoms with Crippen molar-refractivity contribution in [2.75, 3.05) is 0 Å². The zero-order valence-electron chi connectivity index (χ0n) is 12.7. The van der Waals surface area contributed by atoms with Crippen molar-refractivity contribution in [3.8, 4) is 0 Å². The Bertz CT molecular complexity index is 737. The molecule has 0 aromatic carbocycles. The van der Waals surface area contributed by atoms with E-state index in [4.69, 9.17) is 0 Å². The number of hydrogen-bond donors (Lipinski definition) is 1. The number of aromatic nitrogens is 3. The summed E-state index contributed by atoms with van der Waals surface area (Å²) in [4.78, 5) is 27.3. The van der Waals surface area contributed by atoms with Crippen molar-refractivity contribution in [1.29, 1.82) is 0 Å². The fourth-order valence-electron chi connectivity index (χ4n) is 2.70. The van der Waals surface area contributed by atoms with Gasteiger partial charge >= 0.3 is 6.03 Å². The molecule has 1 saturated heterocycles. The van der Waals surface area contributed by atoms with Crippen LogP contribution in [0.3, 0.4) is 0 Å². The molecule has 3 rings (SSSR count). The number of urea groups is 1. The van der Waals surface area contributed by atoms with Gasteiger partial charge in [0.05, 0.1) is 18.4 Å². The van der Waals surface area contributed by atoms with Crippen molar-refractivity contribution in [2.45, 2.75) is 32.4 Å². The molecule has 0 bridgehead atoms. The van der Waals surface area contributed by atoms with Crippen molar-refractivity contribution in [2.24, 2.45) is 7.05 Å². The monoisotopic (exact) mass is 319 g/mol. The van der Waals surface area contributed by atoms with Gasteiger partial charge in [-0.05, 0) is 30.9 Å². The van der Waals surface area contributed by atoms with Crippen LogP contribution in [0.2, 0.25) is 0 Å². The Morgan fingerprint density at radius 2 is 2.18 bits per heavy atom. The molecule has 2 aromatic rings. The summed E-state index contributed by atoms with van der Waals surface area (Å²) in [5, 5.41) is 6.95. The lowest BCUT2D eigenvalue weighted by Gasteiger charge is -2.23. The molecule has 2 aromatic heterocycles. The third kappa shape index (κ3) is 2.19. The largest absolute Gasteiger partial charge is 0.325 e. The molecule has 1 aliphatic heterocycles. The predicted octanol–water partition coefficient (Wildman–Crippen LogP) is 1.54. The molecular formula is C14H17N5O2S. The number of imide groups is 1. The quantitative estimate of drug-likeness (QED) is 0.867. The van der Waals surface area contributed by atoms with Gasteiger partial charge in [-0.15, -0.1) is 0 Å². The van der Waals surface area contributed by atoms with Crippen molar-refractivity contribution in [1.82, 2.24) is 24.4 Å². The highest BCUT2D eigenvalue weighted by atomic mass is 32.1. The van der Waals surface area contributed by atoms with Crippen LogP contribution < -0.4 is 5.32 Å². The van der Waals surface area contributed by atoms with E-state index in [0.717, 1.165) is 10.6 Å². The van der Waals surface area contributed by atoms with Gasteiger partial charge in [0.2, 0.25) is 0 Å². The van der Waals surface area contributed by atoms with Gasteiger partial charge in [-0.25, -0.2) is 4.79 Å². The van der Waals surface area contributed by atoms with Crippen LogP contribution in [0.4, 0.5) is 4.79 Å². The number of hydrogen-bond acceptors (Lipinski definition) is 5. The highest BCUT2D eigenvalue weighted by molar-refractivity contribution is 7.05. The summed E-state index contributed by atoms with van der Waals surface area (Å²) in [5.41, 5.74) is 0.574. The Morgan fingerprint density at radius 3 is 2.73 bits per heavy atom. The number of carbonyl (C=O) groups is 2. The van der Waals surface area contributed by atoms with E-state index in [2.05, 4.69) is 14.8 Å². The minimum atomic E-state index is -1.02. The zero-order valence-corrected chi connectivity index (χ0v) is 13.5. The van der Waals surface area contributed by atoms with Crippen molar-refractivity contribution in [3.05, 3.63) is 34.6 Å². The topological polar surface area (TPSA) is 80.1 Å². The number of aryl methyl sites for hydroxylation is 2. The van der Waals surface area contributed by atoms with E-state index in [1.807, 2.05) is 19.9 Å². The second-order valence-electron chi connectivity index (χ2n) is 5.42. The molecule has 1 N–H and O–H groups in total. The SMILES string of the molecule is CCC1(c2cnn(C)c2)NC(=O)N(Cc2cc(C)ns2)C1=O. The number of amides is 3. The Morgan fingerprint density at radius 1 is 1.41 bits per heavy atom. The van der Waals surface area contributed by atoms with Gasteiger partial charge in [0, 0.05) is 23.7 Å². The Kier molecular flexibility index (Phi) is 3.48. The van der Waals surface area contributed by atoms with E-state index in [9.17, 15) is 9.59 Å². The van der Waals surface area contributed by atoms with Crippen LogP contribution in [-0.2, 0) is 23.9 Å². The van der Waals surface area contributed by atoms with Crippen LogP contribution in [-0.4, -0.2) is 31.0 Å². The summed E-state index contributed by atoms with van der Waals surface area (Å²) in [7, 11) is 1.78. The van der Waals surface area contributed by atoms with E-state index < -0.39 is 5.54 Å². The van der Waals surface area contributed by atoms with Crippen LogP contribution in [0.5, 0.6) is 0 Å². The molecule has 1 unspecified atom stereocenters. The third-order valence-corrected chi connectivity index (χ3v) is 4.76. The molecule has 3 amide bonds. The summed E-state index contributed by atoms with van der Waals surface area (Å²) >= 11 is 1.31. The van der Waals surface area contributed by atoms with Crippen LogP contribution in [0.15, 0.2) is 18.5 Å². The average Bonchev–Trinajstić information content (AvgIpc) is 3.15. The first-order chi connectivity index (χ1) is 10.5. The molecule has 1 fully saturated rings. The summed E-state index contributed by atoms with van der Waals surface area (Å²) < 4.78 is 5.81. The minimum absolute atomic E-state index is 0.237. The summed E-state index contributed by atoms with van der Waals surface area (Å²) in [5.74, 6) is -0.237. The number of rotatable bonds is 4. The van der Waals surface area contributed by atoms with Gasteiger partial charge in [-0.1, -0.05) is 6.92 Å². The molecule has 7 nitrogen and oxygen atoms in total. The third-order valence-electron chi connectivity index (χ3n) is 3.89. The zero-order chi connectivity index (χ0) is 15.9. The van der Waals surface area contributed by atoms with Gasteiger partial charge in [0.25, 0.3) is 5.91 Å². The minimum Gasteiger partial charge on any atom is -0.319 e. The molecule has 1 atom stereocenters. The van der Waals surface area contributed by atoms with E-state index in [-0.39, 0.29) is 18.5 Å². The molecule has 0 aliphatic carbocycles.